The molecule has 0 saturated carbocycles. The molecule has 208 valence electrons. The number of H-pyrrole nitrogens is 1. The molecule has 1 N–H and O–H groups in total. The molecular formula is C40H26N2O2. The van der Waals surface area contributed by atoms with Gasteiger partial charge in [-0.2, -0.15) is 5.26 Å². The predicted octanol–water partition coefficient (Wildman–Crippen LogP) is 10.6. The Morgan fingerprint density at radius 2 is 1.14 bits per heavy atom. The molecule has 0 saturated heterocycles. The number of methoxy groups -OCH3 is 1. The van der Waals surface area contributed by atoms with Gasteiger partial charge in [0.2, 0.25) is 0 Å². The Kier molecular flexibility index (Phi) is 6.03. The van der Waals surface area contributed by atoms with Crippen LogP contribution in [0.1, 0.15) is 5.56 Å². The van der Waals surface area contributed by atoms with Crippen molar-refractivity contribution in [3.05, 3.63) is 139 Å². The van der Waals surface area contributed by atoms with Crippen molar-refractivity contribution < 1.29 is 9.15 Å². The third-order valence-electron chi connectivity index (χ3n) is 8.35. The summed E-state index contributed by atoms with van der Waals surface area (Å²) in [5.74, 6) is 1.42. The molecule has 0 unspecified atom stereocenters. The molecule has 0 aliphatic heterocycles. The van der Waals surface area contributed by atoms with Crippen LogP contribution in [0.3, 0.4) is 0 Å². The topological polar surface area (TPSA) is 62.0 Å². The average Bonchev–Trinajstić information content (AvgIpc) is 3.40. The lowest BCUT2D eigenvalue weighted by Gasteiger charge is -2.15. The van der Waals surface area contributed by atoms with Crippen molar-refractivity contribution in [3.63, 3.8) is 0 Å². The number of hydrogen-bond acceptors (Lipinski definition) is 3. The molecule has 0 spiro atoms. The summed E-state index contributed by atoms with van der Waals surface area (Å²) in [7, 11) is 1.69. The van der Waals surface area contributed by atoms with Gasteiger partial charge in [0, 0.05) is 33.7 Å². The second-order valence-electron chi connectivity index (χ2n) is 10.8. The largest absolute Gasteiger partial charge is 0.497 e. The molecule has 44 heavy (non-hydrogen) atoms. The highest BCUT2D eigenvalue weighted by Crippen LogP contribution is 2.50. The summed E-state index contributed by atoms with van der Waals surface area (Å²) in [5.41, 5.74) is 9.47. The summed E-state index contributed by atoms with van der Waals surface area (Å²) in [6.07, 6.45) is 0. The highest BCUT2D eigenvalue weighted by Gasteiger charge is 2.28. The normalized spacial score (nSPS) is 11.3. The Morgan fingerprint density at radius 3 is 1.68 bits per heavy atom. The average molecular weight is 567 g/mol. The summed E-state index contributed by atoms with van der Waals surface area (Å²) >= 11 is 0. The number of rotatable bonds is 5. The van der Waals surface area contributed by atoms with E-state index >= 15 is 0 Å². The van der Waals surface area contributed by atoms with Crippen LogP contribution in [0, 0.1) is 11.3 Å². The quantitative estimate of drug-likeness (QED) is 0.225. The molecule has 0 aliphatic carbocycles. The van der Waals surface area contributed by atoms with E-state index in [9.17, 15) is 5.26 Å². The summed E-state index contributed by atoms with van der Waals surface area (Å²) in [5, 5.41) is 13.8. The first-order valence-electron chi connectivity index (χ1n) is 14.5. The number of aromatic amines is 1. The maximum absolute atomic E-state index is 11.0. The van der Waals surface area contributed by atoms with Crippen molar-refractivity contribution in [2.75, 3.05) is 7.11 Å². The van der Waals surface area contributed by atoms with Gasteiger partial charge in [0.25, 0.3) is 0 Å². The molecule has 8 rings (SSSR count). The van der Waals surface area contributed by atoms with Gasteiger partial charge in [-0.3, -0.25) is 0 Å². The molecule has 8 aromatic rings. The van der Waals surface area contributed by atoms with Crippen LogP contribution in [-0.4, -0.2) is 12.1 Å². The lowest BCUT2D eigenvalue weighted by Crippen LogP contribution is -1.94. The zero-order chi connectivity index (χ0) is 29.6. The lowest BCUT2D eigenvalue weighted by molar-refractivity contribution is 0.416. The fourth-order valence-electron chi connectivity index (χ4n) is 6.48. The number of aromatic nitrogens is 1. The second kappa shape index (κ2) is 10.3. The van der Waals surface area contributed by atoms with Crippen LogP contribution in [0.15, 0.2) is 138 Å². The van der Waals surface area contributed by atoms with E-state index in [1.807, 2.05) is 78.9 Å². The van der Waals surface area contributed by atoms with Gasteiger partial charge < -0.3 is 14.1 Å². The monoisotopic (exact) mass is 566 g/mol. The molecule has 4 nitrogen and oxygen atoms in total. The van der Waals surface area contributed by atoms with E-state index in [4.69, 9.17) is 9.15 Å². The van der Waals surface area contributed by atoms with Crippen LogP contribution in [-0.2, 0) is 0 Å². The molecule has 0 atom stereocenters. The lowest BCUT2D eigenvalue weighted by atomic mass is 9.87. The van der Waals surface area contributed by atoms with Gasteiger partial charge in [-0.1, -0.05) is 121 Å². The number of ether oxygens (including phenoxy) is 1. The van der Waals surface area contributed by atoms with E-state index in [2.05, 4.69) is 65.7 Å². The van der Waals surface area contributed by atoms with E-state index in [-0.39, 0.29) is 0 Å². The number of benzene rings is 6. The summed E-state index contributed by atoms with van der Waals surface area (Å²) in [6.45, 7) is 0. The molecule has 0 radical (unpaired) electrons. The third-order valence-corrected chi connectivity index (χ3v) is 8.35. The minimum absolute atomic E-state index is 0.493. The van der Waals surface area contributed by atoms with Crippen molar-refractivity contribution in [3.8, 4) is 56.5 Å². The molecule has 0 fully saturated rings. The second-order valence-corrected chi connectivity index (χ2v) is 10.8. The maximum Gasteiger partial charge on any atom is 0.155 e. The van der Waals surface area contributed by atoms with Crippen LogP contribution >= 0.6 is 0 Å². The minimum atomic E-state index is 0.493. The van der Waals surface area contributed by atoms with Crippen molar-refractivity contribution in [1.29, 1.82) is 5.26 Å². The third kappa shape index (κ3) is 3.91. The van der Waals surface area contributed by atoms with E-state index in [0.717, 1.165) is 71.9 Å². The summed E-state index contributed by atoms with van der Waals surface area (Å²) < 4.78 is 13.0. The van der Waals surface area contributed by atoms with Gasteiger partial charge in [-0.05, 0) is 28.1 Å². The first-order chi connectivity index (χ1) is 21.8. The van der Waals surface area contributed by atoms with Crippen LogP contribution in [0.25, 0.3) is 77.5 Å². The summed E-state index contributed by atoms with van der Waals surface area (Å²) in [4.78, 5) is 3.77. The van der Waals surface area contributed by atoms with E-state index in [0.29, 0.717) is 16.9 Å². The first-order valence-corrected chi connectivity index (χ1v) is 14.5. The Morgan fingerprint density at radius 1 is 0.614 bits per heavy atom. The number of nitrogens with zero attached hydrogens (tertiary/aromatic N) is 1. The molecule has 2 heterocycles. The van der Waals surface area contributed by atoms with Gasteiger partial charge in [0.1, 0.15) is 23.1 Å². The molecule has 4 heteroatoms. The van der Waals surface area contributed by atoms with Crippen LogP contribution < -0.4 is 4.74 Å². The van der Waals surface area contributed by atoms with Crippen molar-refractivity contribution in [1.82, 2.24) is 4.98 Å². The van der Waals surface area contributed by atoms with E-state index < -0.39 is 0 Å². The van der Waals surface area contributed by atoms with Gasteiger partial charge in [-0.15, -0.1) is 0 Å². The fourth-order valence-corrected chi connectivity index (χ4v) is 6.48. The standard InChI is InChI=1S/C40H26N2O2/c1-43-29-22-30-34(26-16-8-3-9-17-26)39(28-20-12-5-13-21-28)44-40-31(24-41)33(25-14-6-2-7-15-25)35(27-18-10-4-11-19-27)38-37(40)36(30)32(23-29)42-38/h2-23,42H,1H3. The van der Waals surface area contributed by atoms with E-state index in [1.54, 1.807) is 7.11 Å². The van der Waals surface area contributed by atoms with Crippen LogP contribution in [0.4, 0.5) is 0 Å². The van der Waals surface area contributed by atoms with Gasteiger partial charge >= 0.3 is 0 Å². The van der Waals surface area contributed by atoms with E-state index in [1.165, 1.54) is 0 Å². The molecule has 2 aromatic heterocycles. The zero-order valence-corrected chi connectivity index (χ0v) is 24.0. The Bertz CT molecular complexity index is 2350. The molecular weight excluding hydrogens is 540 g/mol. The van der Waals surface area contributed by atoms with Gasteiger partial charge in [-0.25, -0.2) is 0 Å². The predicted molar refractivity (Wildman–Crippen MR) is 179 cm³/mol. The fraction of sp³-hybridized carbons (Fsp3) is 0.0250. The van der Waals surface area contributed by atoms with Gasteiger partial charge in [0.15, 0.2) is 5.58 Å². The Balaban J connectivity index is 1.71. The van der Waals surface area contributed by atoms with Crippen molar-refractivity contribution in [2.45, 2.75) is 0 Å². The smallest absolute Gasteiger partial charge is 0.155 e. The SMILES string of the molecule is COc1cc2[nH]c3c(-c4ccccc4)c(-c4ccccc4)c(C#N)c4oc(-c5ccccc5)c(-c5ccccc5)c(c1)c2c34. The highest BCUT2D eigenvalue weighted by molar-refractivity contribution is 6.29. The number of nitrogens with one attached hydrogen (secondary N) is 1. The Hall–Kier alpha value is -6.05. The molecule has 0 bridgehead atoms. The van der Waals surface area contributed by atoms with Crippen molar-refractivity contribution >= 4 is 32.8 Å². The summed E-state index contributed by atoms with van der Waals surface area (Å²) in [6, 6.07) is 47.5. The first kappa shape index (κ1) is 25.6. The molecule has 0 aliphatic rings. The zero-order valence-electron chi connectivity index (χ0n) is 24.0. The number of hydrogen-bond donors (Lipinski definition) is 1. The molecule has 6 aromatic carbocycles. The van der Waals surface area contributed by atoms with Gasteiger partial charge in [0.05, 0.1) is 23.5 Å². The minimum Gasteiger partial charge on any atom is -0.497 e. The highest BCUT2D eigenvalue weighted by atomic mass is 16.5. The van der Waals surface area contributed by atoms with Crippen LogP contribution in [0.5, 0.6) is 5.75 Å². The number of nitriles is 1. The van der Waals surface area contributed by atoms with Crippen molar-refractivity contribution in [2.24, 2.45) is 0 Å². The Labute approximate surface area is 254 Å². The van der Waals surface area contributed by atoms with Crippen LogP contribution in [0.2, 0.25) is 0 Å². The maximum atomic E-state index is 11.0. The molecule has 0 amide bonds.